The number of ether oxygens (including phenoxy) is 1. The Balaban J connectivity index is 4.30. The van der Waals surface area contributed by atoms with Gasteiger partial charge in [0.25, 0.3) is 0 Å². The van der Waals surface area contributed by atoms with Crippen molar-refractivity contribution in [1.82, 2.24) is 0 Å². The van der Waals surface area contributed by atoms with Crippen LogP contribution in [0.15, 0.2) is 12.2 Å². The van der Waals surface area contributed by atoms with E-state index in [1.165, 1.54) is 0 Å². The number of hydrogen-bond donors (Lipinski definition) is 0. The van der Waals surface area contributed by atoms with Crippen molar-refractivity contribution in [2.24, 2.45) is 0 Å². The Morgan fingerprint density at radius 1 is 1.26 bits per heavy atom. The number of aliphatic carboxylic acids is 1. The number of quaternary nitrogens is 1. The molecule has 0 aliphatic rings. The minimum absolute atomic E-state index is 0.181. The second-order valence-corrected chi connectivity index (χ2v) is 5.63. The van der Waals surface area contributed by atoms with Gasteiger partial charge in [-0.05, 0) is 6.42 Å². The van der Waals surface area contributed by atoms with Gasteiger partial charge in [0.15, 0.2) is 6.10 Å². The average Bonchev–Trinajstić information content (AvgIpc) is 2.20. The second kappa shape index (κ2) is 8.69. The van der Waals surface area contributed by atoms with Crippen molar-refractivity contribution in [3.8, 4) is 0 Å². The zero-order chi connectivity index (χ0) is 14.9. The summed E-state index contributed by atoms with van der Waals surface area (Å²) in [6.45, 7) is 2.50. The summed E-state index contributed by atoms with van der Waals surface area (Å²) in [4.78, 5) is 22.2. The van der Waals surface area contributed by atoms with E-state index in [0.29, 0.717) is 11.0 Å². The van der Waals surface area contributed by atoms with Crippen molar-refractivity contribution in [1.29, 1.82) is 0 Å². The highest BCUT2D eigenvalue weighted by Gasteiger charge is 2.21. The molecule has 110 valence electrons. The third kappa shape index (κ3) is 11.5. The van der Waals surface area contributed by atoms with E-state index in [9.17, 15) is 14.7 Å². The molecule has 5 heteroatoms. The molecule has 0 aromatic heterocycles. The summed E-state index contributed by atoms with van der Waals surface area (Å²) in [5.41, 5.74) is 0. The molecule has 0 aromatic rings. The zero-order valence-corrected chi connectivity index (χ0v) is 12.3. The highest BCUT2D eigenvalue weighted by molar-refractivity contribution is 5.72. The fourth-order valence-electron chi connectivity index (χ4n) is 1.64. The number of allylic oxidation sites excluding steroid dienone is 1. The van der Waals surface area contributed by atoms with E-state index in [0.717, 1.165) is 12.8 Å². The molecular formula is C14H25NO4. The van der Waals surface area contributed by atoms with Gasteiger partial charge in [-0.25, -0.2) is 0 Å². The minimum atomic E-state index is -1.20. The summed E-state index contributed by atoms with van der Waals surface area (Å²) in [6, 6.07) is 0. The number of unbranched alkanes of at least 4 members (excludes halogenated alkanes) is 1. The van der Waals surface area contributed by atoms with Gasteiger partial charge >= 0.3 is 5.97 Å². The molecule has 0 aromatic carbocycles. The summed E-state index contributed by atoms with van der Waals surface area (Å²) in [5.74, 6) is -1.60. The number of rotatable bonds is 9. The second-order valence-electron chi connectivity index (χ2n) is 5.63. The minimum Gasteiger partial charge on any atom is -0.550 e. The largest absolute Gasteiger partial charge is 0.550 e. The van der Waals surface area contributed by atoms with Crippen LogP contribution < -0.4 is 5.11 Å². The monoisotopic (exact) mass is 271 g/mol. The van der Waals surface area contributed by atoms with Crippen molar-refractivity contribution >= 4 is 11.9 Å². The summed E-state index contributed by atoms with van der Waals surface area (Å²) >= 11 is 0. The summed E-state index contributed by atoms with van der Waals surface area (Å²) in [5, 5.41) is 10.7. The van der Waals surface area contributed by atoms with Gasteiger partial charge in [0, 0.05) is 12.4 Å². The predicted molar refractivity (Wildman–Crippen MR) is 71.1 cm³/mol. The third-order valence-electron chi connectivity index (χ3n) is 2.35. The number of carbonyl (C=O) groups is 2. The fourth-order valence-corrected chi connectivity index (χ4v) is 1.64. The summed E-state index contributed by atoms with van der Waals surface area (Å²) in [6.07, 6.45) is 4.91. The first-order chi connectivity index (χ1) is 8.74. The number of likely N-dealkylation sites (N-methyl/N-ethyl adjacent to an activating group) is 1. The standard InChI is InChI=1S/C14H25NO4/c1-5-6-7-8-9-14(18)19-12(10-13(16)17)11-15(2,3)4/h7-8,12H,5-6,9-11H2,1-4H3/b8-7+. The number of esters is 1. The van der Waals surface area contributed by atoms with Gasteiger partial charge in [-0.3, -0.25) is 4.79 Å². The highest BCUT2D eigenvalue weighted by Crippen LogP contribution is 2.06. The van der Waals surface area contributed by atoms with Gasteiger partial charge in [-0.1, -0.05) is 25.5 Å². The van der Waals surface area contributed by atoms with Crippen LogP contribution >= 0.6 is 0 Å². The van der Waals surface area contributed by atoms with Crippen LogP contribution in [-0.4, -0.2) is 50.2 Å². The molecule has 0 heterocycles. The lowest BCUT2D eigenvalue weighted by molar-refractivity contribution is -0.873. The summed E-state index contributed by atoms with van der Waals surface area (Å²) in [7, 11) is 5.74. The quantitative estimate of drug-likeness (QED) is 0.348. The molecule has 0 saturated heterocycles. The van der Waals surface area contributed by atoms with E-state index in [1.807, 2.05) is 27.2 Å². The molecule has 0 radical (unpaired) electrons. The highest BCUT2D eigenvalue weighted by atomic mass is 16.5. The molecule has 19 heavy (non-hydrogen) atoms. The van der Waals surface area contributed by atoms with Crippen LogP contribution in [0.4, 0.5) is 0 Å². The number of nitrogens with zero attached hydrogens (tertiary/aromatic N) is 1. The van der Waals surface area contributed by atoms with E-state index in [1.54, 1.807) is 6.08 Å². The van der Waals surface area contributed by atoms with Gasteiger partial charge < -0.3 is 19.1 Å². The SMILES string of the molecule is CCC/C=C/CC(=O)OC(CC(=O)[O-])C[N+](C)(C)C. The van der Waals surface area contributed by atoms with Crippen LogP contribution in [0.1, 0.15) is 32.6 Å². The fraction of sp³-hybridized carbons (Fsp3) is 0.714. The molecule has 1 unspecified atom stereocenters. The Kier molecular flexibility index (Phi) is 8.07. The van der Waals surface area contributed by atoms with Crippen molar-refractivity contribution in [3.05, 3.63) is 12.2 Å². The first kappa shape index (κ1) is 17.6. The van der Waals surface area contributed by atoms with Gasteiger partial charge in [0.2, 0.25) is 0 Å². The Morgan fingerprint density at radius 3 is 2.37 bits per heavy atom. The molecule has 0 saturated carbocycles. The van der Waals surface area contributed by atoms with Crippen molar-refractivity contribution < 1.29 is 23.9 Å². The molecule has 0 spiro atoms. The van der Waals surface area contributed by atoms with E-state index in [2.05, 4.69) is 6.92 Å². The van der Waals surface area contributed by atoms with Crippen LogP contribution in [0.5, 0.6) is 0 Å². The van der Waals surface area contributed by atoms with Crippen LogP contribution in [0.3, 0.4) is 0 Å². The number of carboxylic acid groups (broad SMARTS) is 1. The number of carbonyl (C=O) groups excluding carboxylic acids is 2. The van der Waals surface area contributed by atoms with Gasteiger partial charge in [-0.2, -0.15) is 0 Å². The van der Waals surface area contributed by atoms with Crippen LogP contribution in [0.25, 0.3) is 0 Å². The predicted octanol–water partition coefficient (Wildman–Crippen LogP) is 0.491. The Labute approximate surface area is 115 Å². The molecule has 0 aliphatic heterocycles. The van der Waals surface area contributed by atoms with Gasteiger partial charge in [-0.15, -0.1) is 0 Å². The molecule has 0 bridgehead atoms. The lowest BCUT2D eigenvalue weighted by atomic mass is 10.2. The smallest absolute Gasteiger partial charge is 0.310 e. The summed E-state index contributed by atoms with van der Waals surface area (Å²) < 4.78 is 5.72. The average molecular weight is 271 g/mol. The first-order valence-corrected chi connectivity index (χ1v) is 6.59. The molecular weight excluding hydrogens is 246 g/mol. The van der Waals surface area contributed by atoms with E-state index in [4.69, 9.17) is 4.74 Å². The van der Waals surface area contributed by atoms with Crippen LogP contribution in [-0.2, 0) is 14.3 Å². The maximum atomic E-state index is 11.6. The first-order valence-electron chi connectivity index (χ1n) is 6.59. The molecule has 0 amide bonds. The number of carboxylic acids is 1. The topological polar surface area (TPSA) is 66.4 Å². The zero-order valence-electron chi connectivity index (χ0n) is 12.3. The van der Waals surface area contributed by atoms with E-state index in [-0.39, 0.29) is 12.8 Å². The maximum Gasteiger partial charge on any atom is 0.310 e. The van der Waals surface area contributed by atoms with Crippen LogP contribution in [0.2, 0.25) is 0 Å². The van der Waals surface area contributed by atoms with Crippen LogP contribution in [0, 0.1) is 0 Å². The Bertz CT molecular complexity index is 318. The molecule has 0 aliphatic carbocycles. The van der Waals surface area contributed by atoms with Gasteiger partial charge in [0.1, 0.15) is 6.54 Å². The third-order valence-corrected chi connectivity index (χ3v) is 2.35. The van der Waals surface area contributed by atoms with Crippen molar-refractivity contribution in [2.45, 2.75) is 38.7 Å². The van der Waals surface area contributed by atoms with E-state index < -0.39 is 18.0 Å². The number of hydrogen-bond acceptors (Lipinski definition) is 4. The lowest BCUT2D eigenvalue weighted by Gasteiger charge is -2.29. The van der Waals surface area contributed by atoms with Crippen molar-refractivity contribution in [3.63, 3.8) is 0 Å². The molecule has 5 nitrogen and oxygen atoms in total. The lowest BCUT2D eigenvalue weighted by Crippen LogP contribution is -2.45. The van der Waals surface area contributed by atoms with Crippen molar-refractivity contribution in [2.75, 3.05) is 27.7 Å². The molecule has 0 fully saturated rings. The van der Waals surface area contributed by atoms with Gasteiger partial charge in [0.05, 0.1) is 27.6 Å². The Hall–Kier alpha value is -1.36. The maximum absolute atomic E-state index is 11.6. The molecule has 1 atom stereocenters. The Morgan fingerprint density at radius 2 is 1.89 bits per heavy atom. The normalized spacial score (nSPS) is 13.5. The molecule has 0 rings (SSSR count). The molecule has 0 N–H and O–H groups in total. The van der Waals surface area contributed by atoms with E-state index >= 15 is 0 Å².